The van der Waals surface area contributed by atoms with Gasteiger partial charge in [0.2, 0.25) is 0 Å². The van der Waals surface area contributed by atoms with Gasteiger partial charge < -0.3 is 0 Å². The fourth-order valence-corrected chi connectivity index (χ4v) is 4.54. The van der Waals surface area contributed by atoms with Crippen molar-refractivity contribution in [3.8, 4) is 16.9 Å². The van der Waals surface area contributed by atoms with Crippen LogP contribution in [0, 0.1) is 5.92 Å². The Bertz CT molecular complexity index is 1330. The zero-order chi connectivity index (χ0) is 20.9. The van der Waals surface area contributed by atoms with Gasteiger partial charge in [0.25, 0.3) is 0 Å². The minimum absolute atomic E-state index is 0.303. The summed E-state index contributed by atoms with van der Waals surface area (Å²) in [7, 11) is -3.22. The Hall–Kier alpha value is -2.93. The molecule has 0 radical (unpaired) electrons. The Morgan fingerprint density at radius 1 is 1.07 bits per heavy atom. The molecule has 6 nitrogen and oxygen atoms in total. The topological polar surface area (TPSA) is 69.8 Å². The van der Waals surface area contributed by atoms with Crippen LogP contribution in [0.1, 0.15) is 25.5 Å². The summed E-state index contributed by atoms with van der Waals surface area (Å²) in [4.78, 5) is 0.303. The number of aryl methyl sites for hydroxylation is 1. The molecule has 0 amide bonds. The van der Waals surface area contributed by atoms with Gasteiger partial charge in [-0.1, -0.05) is 19.1 Å². The van der Waals surface area contributed by atoms with Gasteiger partial charge in [0, 0.05) is 23.8 Å². The molecule has 5 rings (SSSR count). The largest absolute Gasteiger partial charge is 0.264 e. The molecular weight excluding hydrogens is 396 g/mol. The van der Waals surface area contributed by atoms with E-state index in [1.807, 2.05) is 10.7 Å². The second-order valence-corrected chi connectivity index (χ2v) is 10.1. The van der Waals surface area contributed by atoms with Gasteiger partial charge in [-0.15, -0.1) is 0 Å². The van der Waals surface area contributed by atoms with Crippen molar-refractivity contribution in [3.05, 3.63) is 60.4 Å². The Labute approximate surface area is 176 Å². The fourth-order valence-electron chi connectivity index (χ4n) is 3.91. The van der Waals surface area contributed by atoms with Gasteiger partial charge in [-0.3, -0.25) is 4.68 Å². The van der Waals surface area contributed by atoms with Gasteiger partial charge >= 0.3 is 0 Å². The van der Waals surface area contributed by atoms with Crippen LogP contribution in [-0.2, 0) is 22.8 Å². The lowest BCUT2D eigenvalue weighted by Gasteiger charge is -2.09. The van der Waals surface area contributed by atoms with Crippen LogP contribution in [0.15, 0.2) is 59.6 Å². The van der Waals surface area contributed by atoms with E-state index in [1.165, 1.54) is 24.5 Å². The molecular formula is C23H24N4O2S. The van der Waals surface area contributed by atoms with Crippen molar-refractivity contribution < 1.29 is 8.42 Å². The number of hydrogen-bond acceptors (Lipinski definition) is 4. The highest BCUT2D eigenvalue weighted by atomic mass is 32.2. The molecule has 30 heavy (non-hydrogen) atoms. The maximum Gasteiger partial charge on any atom is 0.175 e. The number of nitrogens with zero attached hydrogens (tertiary/aromatic N) is 4. The minimum Gasteiger partial charge on any atom is -0.264 e. The van der Waals surface area contributed by atoms with E-state index in [4.69, 9.17) is 5.10 Å². The lowest BCUT2D eigenvalue weighted by molar-refractivity contribution is 0.574. The molecule has 1 fully saturated rings. The first-order chi connectivity index (χ1) is 14.4. The molecule has 0 unspecified atom stereocenters. The molecule has 2 heterocycles. The van der Waals surface area contributed by atoms with Gasteiger partial charge in [-0.05, 0) is 61.6 Å². The number of aromatic nitrogens is 4. The predicted molar refractivity (Wildman–Crippen MR) is 118 cm³/mol. The van der Waals surface area contributed by atoms with Gasteiger partial charge in [-0.25, -0.2) is 13.1 Å². The van der Waals surface area contributed by atoms with E-state index >= 15 is 0 Å². The summed E-state index contributed by atoms with van der Waals surface area (Å²) in [6, 6.07) is 15.3. The molecule has 0 aliphatic heterocycles. The van der Waals surface area contributed by atoms with E-state index in [9.17, 15) is 8.42 Å². The van der Waals surface area contributed by atoms with Crippen molar-refractivity contribution in [1.29, 1.82) is 0 Å². The number of rotatable bonds is 6. The van der Waals surface area contributed by atoms with Gasteiger partial charge in [0.05, 0.1) is 33.7 Å². The molecule has 7 heteroatoms. The summed E-state index contributed by atoms with van der Waals surface area (Å²) in [6.45, 7) is 3.12. The summed E-state index contributed by atoms with van der Waals surface area (Å²) in [6.07, 6.45) is 6.48. The summed E-state index contributed by atoms with van der Waals surface area (Å²) in [5, 5.41) is 10.6. The van der Waals surface area contributed by atoms with Crippen molar-refractivity contribution in [2.75, 3.05) is 6.26 Å². The minimum atomic E-state index is -3.22. The smallest absolute Gasteiger partial charge is 0.175 e. The molecule has 2 aromatic heterocycles. The van der Waals surface area contributed by atoms with E-state index in [0.29, 0.717) is 4.90 Å². The van der Waals surface area contributed by atoms with E-state index in [2.05, 4.69) is 34.9 Å². The molecule has 0 atom stereocenters. The lowest BCUT2D eigenvalue weighted by atomic mass is 10.1. The number of fused-ring (bicyclic) bond motifs is 1. The monoisotopic (exact) mass is 420 g/mol. The third-order valence-electron chi connectivity index (χ3n) is 5.74. The zero-order valence-corrected chi connectivity index (χ0v) is 17.9. The second kappa shape index (κ2) is 7.09. The maximum absolute atomic E-state index is 11.8. The normalized spacial score (nSPS) is 14.5. The van der Waals surface area contributed by atoms with E-state index in [0.717, 1.165) is 47.0 Å². The molecule has 1 saturated carbocycles. The number of sulfone groups is 1. The highest BCUT2D eigenvalue weighted by Crippen LogP contribution is 2.33. The van der Waals surface area contributed by atoms with Crippen LogP contribution in [-0.4, -0.2) is 34.2 Å². The van der Waals surface area contributed by atoms with Crippen LogP contribution in [0.25, 0.3) is 27.8 Å². The molecule has 0 N–H and O–H groups in total. The Balaban J connectivity index is 1.57. The van der Waals surface area contributed by atoms with Crippen molar-refractivity contribution in [1.82, 2.24) is 19.6 Å². The Morgan fingerprint density at radius 2 is 1.83 bits per heavy atom. The molecule has 0 saturated heterocycles. The van der Waals surface area contributed by atoms with Crippen LogP contribution in [0.4, 0.5) is 0 Å². The lowest BCUT2D eigenvalue weighted by Crippen LogP contribution is -2.03. The summed E-state index contributed by atoms with van der Waals surface area (Å²) >= 11 is 0. The van der Waals surface area contributed by atoms with Crippen LogP contribution < -0.4 is 0 Å². The average molecular weight is 421 g/mol. The third kappa shape index (κ3) is 3.43. The van der Waals surface area contributed by atoms with Gasteiger partial charge in [0.1, 0.15) is 0 Å². The molecule has 0 bridgehead atoms. The van der Waals surface area contributed by atoms with Crippen LogP contribution in [0.3, 0.4) is 0 Å². The van der Waals surface area contributed by atoms with Crippen LogP contribution in [0.5, 0.6) is 0 Å². The van der Waals surface area contributed by atoms with E-state index in [1.54, 1.807) is 30.5 Å². The number of benzene rings is 2. The quantitative estimate of drug-likeness (QED) is 0.467. The Kier molecular flexibility index (Phi) is 4.50. The zero-order valence-electron chi connectivity index (χ0n) is 17.1. The SMILES string of the molecule is CCc1nn(CC2CC2)c2cc(-c3ccnn3-c3ccc(S(C)(=O)=O)cc3)ccc12. The average Bonchev–Trinajstić information content (AvgIpc) is 3.30. The maximum atomic E-state index is 11.8. The van der Waals surface area contributed by atoms with Crippen LogP contribution in [0.2, 0.25) is 0 Å². The summed E-state index contributed by atoms with van der Waals surface area (Å²) in [5.41, 5.74) is 5.15. The molecule has 154 valence electrons. The fraction of sp³-hybridized carbons (Fsp3) is 0.304. The van der Waals surface area contributed by atoms with Crippen molar-refractivity contribution in [2.45, 2.75) is 37.6 Å². The number of hydrogen-bond donors (Lipinski definition) is 0. The third-order valence-corrected chi connectivity index (χ3v) is 6.87. The first kappa shape index (κ1) is 19.1. The van der Waals surface area contributed by atoms with Crippen molar-refractivity contribution >= 4 is 20.7 Å². The molecule has 1 aliphatic rings. The summed E-state index contributed by atoms with van der Waals surface area (Å²) < 4.78 is 27.5. The standard InChI is InChI=1S/C23H24N4O2S/c1-3-21-20-11-6-17(14-23(20)26(25-21)15-16-4-5-16)22-12-13-24-27(22)18-7-9-19(10-8-18)30(2,28)29/h6-14,16H,3-5,15H2,1-2H3. The predicted octanol–water partition coefficient (Wildman–Crippen LogP) is 4.26. The van der Waals surface area contributed by atoms with Gasteiger partial charge in [0.15, 0.2) is 9.84 Å². The van der Waals surface area contributed by atoms with Crippen LogP contribution >= 0.6 is 0 Å². The van der Waals surface area contributed by atoms with Gasteiger partial charge in [-0.2, -0.15) is 10.2 Å². The first-order valence-corrected chi connectivity index (χ1v) is 12.2. The highest BCUT2D eigenvalue weighted by Gasteiger charge is 2.24. The summed E-state index contributed by atoms with van der Waals surface area (Å²) in [5.74, 6) is 0.750. The van der Waals surface area contributed by atoms with Crippen molar-refractivity contribution in [2.24, 2.45) is 5.92 Å². The molecule has 1 aliphatic carbocycles. The molecule has 0 spiro atoms. The molecule has 4 aromatic rings. The second-order valence-electron chi connectivity index (χ2n) is 8.05. The first-order valence-electron chi connectivity index (χ1n) is 10.3. The Morgan fingerprint density at radius 3 is 2.50 bits per heavy atom. The highest BCUT2D eigenvalue weighted by molar-refractivity contribution is 7.90. The molecule has 2 aromatic carbocycles. The van der Waals surface area contributed by atoms with Crippen molar-refractivity contribution in [3.63, 3.8) is 0 Å². The van der Waals surface area contributed by atoms with E-state index in [-0.39, 0.29) is 0 Å². The van der Waals surface area contributed by atoms with E-state index < -0.39 is 9.84 Å².